The number of carboxylic acids is 1. The van der Waals surface area contributed by atoms with Gasteiger partial charge in [-0.1, -0.05) is 0 Å². The monoisotopic (exact) mass is 186 g/mol. The third kappa shape index (κ3) is 2.03. The average molecular weight is 186 g/mol. The van der Waals surface area contributed by atoms with Crippen LogP contribution in [0.2, 0.25) is 0 Å². The molecule has 1 rings (SSSR count). The van der Waals surface area contributed by atoms with Crippen molar-refractivity contribution in [2.75, 3.05) is 13.6 Å². The van der Waals surface area contributed by atoms with E-state index in [9.17, 15) is 14.4 Å². The molecule has 1 saturated heterocycles. The number of nitrogens with one attached hydrogen (secondary N) is 1. The van der Waals surface area contributed by atoms with Crippen molar-refractivity contribution in [1.29, 1.82) is 0 Å². The van der Waals surface area contributed by atoms with E-state index >= 15 is 0 Å². The zero-order chi connectivity index (χ0) is 10.0. The quantitative estimate of drug-likeness (QED) is 0.519. The highest BCUT2D eigenvalue weighted by Gasteiger charge is 2.35. The van der Waals surface area contributed by atoms with Gasteiger partial charge >= 0.3 is 5.97 Å². The van der Waals surface area contributed by atoms with Crippen LogP contribution in [-0.4, -0.2) is 47.4 Å². The molecule has 0 aliphatic carbocycles. The second-order valence-electron chi connectivity index (χ2n) is 2.82. The minimum absolute atomic E-state index is 0.0443. The predicted molar refractivity (Wildman–Crippen MR) is 41.8 cm³/mol. The molecule has 1 atom stereocenters. The van der Waals surface area contributed by atoms with Gasteiger partial charge in [0.25, 0.3) is 0 Å². The number of likely N-dealkylation sites (N-methyl/N-ethyl adjacent to an activating group) is 1. The van der Waals surface area contributed by atoms with Crippen molar-refractivity contribution >= 4 is 17.8 Å². The highest BCUT2D eigenvalue weighted by atomic mass is 16.4. The molecular formula is C7H10N2O4. The minimum Gasteiger partial charge on any atom is -0.480 e. The fourth-order valence-electron chi connectivity index (χ4n) is 1.13. The standard InChI is InChI=1S/C7H10N2O4/c1-9-5(10)2-4(7(9)13)8-3-6(11)12/h4,8H,2-3H2,1H3,(H,11,12). The molecule has 1 unspecified atom stereocenters. The normalized spacial score (nSPS) is 22.5. The number of carbonyl (C=O) groups excluding carboxylic acids is 2. The van der Waals surface area contributed by atoms with Crippen molar-refractivity contribution < 1.29 is 19.5 Å². The molecule has 0 aromatic heterocycles. The van der Waals surface area contributed by atoms with Gasteiger partial charge in [0, 0.05) is 7.05 Å². The molecule has 6 nitrogen and oxygen atoms in total. The molecule has 6 heteroatoms. The number of amides is 2. The highest BCUT2D eigenvalue weighted by Crippen LogP contribution is 2.09. The van der Waals surface area contributed by atoms with Crippen LogP contribution in [0.15, 0.2) is 0 Å². The maximum absolute atomic E-state index is 11.2. The van der Waals surface area contributed by atoms with Crippen LogP contribution in [0.3, 0.4) is 0 Å². The molecule has 1 fully saturated rings. The topological polar surface area (TPSA) is 86.7 Å². The van der Waals surface area contributed by atoms with E-state index in [0.29, 0.717) is 0 Å². The Morgan fingerprint density at radius 2 is 2.31 bits per heavy atom. The molecule has 0 aromatic rings. The lowest BCUT2D eigenvalue weighted by Crippen LogP contribution is -2.39. The summed E-state index contributed by atoms with van der Waals surface area (Å²) in [5.41, 5.74) is 0. The maximum atomic E-state index is 11.2. The Morgan fingerprint density at radius 3 is 2.69 bits per heavy atom. The number of likely N-dealkylation sites (tertiary alicyclic amines) is 1. The molecule has 13 heavy (non-hydrogen) atoms. The number of carbonyl (C=O) groups is 3. The first kappa shape index (κ1) is 9.66. The average Bonchev–Trinajstić information content (AvgIpc) is 2.29. The van der Waals surface area contributed by atoms with Gasteiger partial charge < -0.3 is 5.11 Å². The lowest BCUT2D eigenvalue weighted by Gasteiger charge is -2.08. The Balaban J connectivity index is 2.49. The molecule has 1 aliphatic rings. The summed E-state index contributed by atoms with van der Waals surface area (Å²) >= 11 is 0. The molecular weight excluding hydrogens is 176 g/mol. The molecule has 2 N–H and O–H groups in total. The van der Waals surface area contributed by atoms with Crippen LogP contribution in [0, 0.1) is 0 Å². The Kier molecular flexibility index (Phi) is 2.62. The largest absolute Gasteiger partial charge is 0.480 e. The van der Waals surface area contributed by atoms with E-state index in [1.807, 2.05) is 0 Å². The number of aliphatic carboxylic acids is 1. The van der Waals surface area contributed by atoms with E-state index in [2.05, 4.69) is 5.32 Å². The van der Waals surface area contributed by atoms with E-state index in [4.69, 9.17) is 5.11 Å². The molecule has 2 amide bonds. The second kappa shape index (κ2) is 3.53. The van der Waals surface area contributed by atoms with Crippen molar-refractivity contribution in [3.05, 3.63) is 0 Å². The Labute approximate surface area is 74.5 Å². The zero-order valence-electron chi connectivity index (χ0n) is 7.11. The van der Waals surface area contributed by atoms with E-state index in [1.54, 1.807) is 0 Å². The number of imide groups is 1. The fourth-order valence-corrected chi connectivity index (χ4v) is 1.13. The molecule has 1 aliphatic heterocycles. The number of hydrogen-bond acceptors (Lipinski definition) is 4. The van der Waals surface area contributed by atoms with Gasteiger partial charge in [0.15, 0.2) is 0 Å². The van der Waals surface area contributed by atoms with Crippen LogP contribution in [0.1, 0.15) is 6.42 Å². The van der Waals surface area contributed by atoms with Gasteiger partial charge in [-0.25, -0.2) is 0 Å². The molecule has 0 aromatic carbocycles. The molecule has 72 valence electrons. The highest BCUT2D eigenvalue weighted by molar-refractivity contribution is 6.05. The smallest absolute Gasteiger partial charge is 0.317 e. The molecule has 0 saturated carbocycles. The summed E-state index contributed by atoms with van der Waals surface area (Å²) in [7, 11) is 1.38. The predicted octanol–water partition coefficient (Wildman–Crippen LogP) is -1.58. The van der Waals surface area contributed by atoms with Crippen LogP contribution >= 0.6 is 0 Å². The molecule has 0 spiro atoms. The van der Waals surface area contributed by atoms with Crippen molar-refractivity contribution in [2.24, 2.45) is 0 Å². The summed E-state index contributed by atoms with van der Waals surface area (Å²) in [5, 5.41) is 10.8. The number of rotatable bonds is 3. The van der Waals surface area contributed by atoms with Gasteiger partial charge in [-0.05, 0) is 0 Å². The van der Waals surface area contributed by atoms with Crippen LogP contribution < -0.4 is 5.32 Å². The molecule has 0 radical (unpaired) electrons. The van der Waals surface area contributed by atoms with Crippen molar-refractivity contribution in [1.82, 2.24) is 10.2 Å². The minimum atomic E-state index is -1.05. The maximum Gasteiger partial charge on any atom is 0.317 e. The Bertz CT molecular complexity index is 263. The van der Waals surface area contributed by atoms with E-state index in [0.717, 1.165) is 4.90 Å². The van der Waals surface area contributed by atoms with Crippen molar-refractivity contribution in [2.45, 2.75) is 12.5 Å². The van der Waals surface area contributed by atoms with E-state index < -0.39 is 12.0 Å². The van der Waals surface area contributed by atoms with E-state index in [-0.39, 0.29) is 24.8 Å². The van der Waals surface area contributed by atoms with Crippen LogP contribution in [0.4, 0.5) is 0 Å². The van der Waals surface area contributed by atoms with Gasteiger partial charge in [-0.15, -0.1) is 0 Å². The zero-order valence-corrected chi connectivity index (χ0v) is 7.11. The Hall–Kier alpha value is -1.43. The SMILES string of the molecule is CN1C(=O)CC(NCC(=O)O)C1=O. The Morgan fingerprint density at radius 1 is 1.69 bits per heavy atom. The second-order valence-corrected chi connectivity index (χ2v) is 2.82. The van der Waals surface area contributed by atoms with E-state index in [1.165, 1.54) is 7.05 Å². The van der Waals surface area contributed by atoms with Gasteiger partial charge in [0.05, 0.1) is 19.0 Å². The van der Waals surface area contributed by atoms with Gasteiger partial charge in [0.2, 0.25) is 11.8 Å². The first-order chi connectivity index (χ1) is 6.02. The van der Waals surface area contributed by atoms with Gasteiger partial charge in [-0.3, -0.25) is 24.6 Å². The van der Waals surface area contributed by atoms with Crippen LogP contribution in [0.25, 0.3) is 0 Å². The number of carboxylic acid groups (broad SMARTS) is 1. The lowest BCUT2D eigenvalue weighted by atomic mass is 10.2. The van der Waals surface area contributed by atoms with Crippen molar-refractivity contribution in [3.8, 4) is 0 Å². The first-order valence-electron chi connectivity index (χ1n) is 3.78. The van der Waals surface area contributed by atoms with Gasteiger partial charge in [0.1, 0.15) is 0 Å². The summed E-state index contributed by atoms with van der Waals surface area (Å²) in [6.07, 6.45) is 0.0443. The van der Waals surface area contributed by atoms with Gasteiger partial charge in [-0.2, -0.15) is 0 Å². The summed E-state index contributed by atoms with van der Waals surface area (Å²) in [4.78, 5) is 33.3. The molecule has 1 heterocycles. The number of hydrogen-bond donors (Lipinski definition) is 2. The lowest BCUT2D eigenvalue weighted by molar-refractivity contribution is -0.137. The fraction of sp³-hybridized carbons (Fsp3) is 0.571. The number of nitrogens with zero attached hydrogens (tertiary/aromatic N) is 1. The van der Waals surface area contributed by atoms with Crippen LogP contribution in [-0.2, 0) is 14.4 Å². The summed E-state index contributed by atoms with van der Waals surface area (Å²) < 4.78 is 0. The first-order valence-corrected chi connectivity index (χ1v) is 3.78. The third-order valence-electron chi connectivity index (χ3n) is 1.88. The summed E-state index contributed by atoms with van der Waals surface area (Å²) in [5.74, 6) is -1.70. The van der Waals surface area contributed by atoms with Crippen molar-refractivity contribution in [3.63, 3.8) is 0 Å². The summed E-state index contributed by atoms with van der Waals surface area (Å²) in [6, 6.07) is -0.673. The third-order valence-corrected chi connectivity index (χ3v) is 1.88. The van der Waals surface area contributed by atoms with Crippen LogP contribution in [0.5, 0.6) is 0 Å². The summed E-state index contributed by atoms with van der Waals surface area (Å²) in [6.45, 7) is -0.308. The molecule has 0 bridgehead atoms.